The molecule has 1 aromatic carbocycles. The Morgan fingerprint density at radius 3 is 2.87 bits per heavy atom. The Balaban J connectivity index is 2.60. The zero-order chi connectivity index (χ0) is 11.3. The number of urea groups is 1. The van der Waals surface area contributed by atoms with Gasteiger partial charge < -0.3 is 21.1 Å². The van der Waals surface area contributed by atoms with Crippen LogP contribution in [-0.2, 0) is 4.74 Å². The monoisotopic (exact) mass is 209 g/mol. The van der Waals surface area contributed by atoms with E-state index in [4.69, 9.17) is 10.5 Å². The second-order valence-corrected chi connectivity index (χ2v) is 3.15. The molecule has 0 radical (unpaired) electrons. The number of carbonyl (C=O) groups is 1. The number of rotatable bonds is 3. The molecule has 1 rings (SSSR count). The number of hydrogen-bond acceptors (Lipinski definition) is 3. The fraction of sp³-hybridized carbons (Fsp3) is 0.300. The van der Waals surface area contributed by atoms with E-state index in [-0.39, 0.29) is 12.8 Å². The third-order valence-electron chi connectivity index (χ3n) is 1.83. The minimum absolute atomic E-state index is 0.164. The summed E-state index contributed by atoms with van der Waals surface area (Å²) in [5, 5.41) is 5.11. The lowest BCUT2D eigenvalue weighted by Gasteiger charge is -2.09. The second kappa shape index (κ2) is 5.21. The Morgan fingerprint density at radius 2 is 2.27 bits per heavy atom. The molecule has 15 heavy (non-hydrogen) atoms. The summed E-state index contributed by atoms with van der Waals surface area (Å²) in [5.41, 5.74) is 7.91. The van der Waals surface area contributed by atoms with Gasteiger partial charge in [-0.1, -0.05) is 6.07 Å². The lowest BCUT2D eigenvalue weighted by molar-refractivity contribution is 0.177. The normalized spacial score (nSPS) is 9.73. The van der Waals surface area contributed by atoms with Crippen LogP contribution in [0.2, 0.25) is 0 Å². The number of aryl methyl sites for hydroxylation is 1. The largest absolute Gasteiger partial charge is 0.397 e. The highest BCUT2D eigenvalue weighted by Crippen LogP contribution is 2.18. The van der Waals surface area contributed by atoms with Gasteiger partial charge in [-0.25, -0.2) is 4.79 Å². The first-order valence-electron chi connectivity index (χ1n) is 4.53. The molecule has 82 valence electrons. The van der Waals surface area contributed by atoms with Crippen LogP contribution in [0.25, 0.3) is 0 Å². The molecule has 0 spiro atoms. The number of amides is 2. The lowest BCUT2D eigenvalue weighted by atomic mass is 10.2. The van der Waals surface area contributed by atoms with Crippen molar-refractivity contribution >= 4 is 17.4 Å². The molecule has 5 heteroatoms. The maximum Gasteiger partial charge on any atom is 0.321 e. The molecule has 0 aliphatic carbocycles. The maximum absolute atomic E-state index is 11.3. The van der Waals surface area contributed by atoms with Gasteiger partial charge in [-0.3, -0.25) is 0 Å². The van der Waals surface area contributed by atoms with E-state index in [0.29, 0.717) is 11.4 Å². The summed E-state index contributed by atoms with van der Waals surface area (Å²) in [5.74, 6) is 0. The summed E-state index contributed by atoms with van der Waals surface area (Å²) >= 11 is 0. The molecule has 5 nitrogen and oxygen atoms in total. The lowest BCUT2D eigenvalue weighted by Crippen LogP contribution is -2.30. The van der Waals surface area contributed by atoms with Crippen molar-refractivity contribution in [3.63, 3.8) is 0 Å². The average molecular weight is 209 g/mol. The van der Waals surface area contributed by atoms with Gasteiger partial charge in [0.2, 0.25) is 0 Å². The molecule has 0 aliphatic heterocycles. The van der Waals surface area contributed by atoms with Crippen LogP contribution in [0.3, 0.4) is 0 Å². The van der Waals surface area contributed by atoms with Gasteiger partial charge in [0, 0.05) is 7.11 Å². The van der Waals surface area contributed by atoms with Gasteiger partial charge in [0.25, 0.3) is 0 Å². The predicted octanol–water partition coefficient (Wildman–Crippen LogP) is 1.30. The van der Waals surface area contributed by atoms with Crippen molar-refractivity contribution in [3.8, 4) is 0 Å². The summed E-state index contributed by atoms with van der Waals surface area (Å²) in [6.45, 7) is 2.10. The highest BCUT2D eigenvalue weighted by Gasteiger charge is 2.03. The quantitative estimate of drug-likeness (QED) is 0.518. The molecule has 2 amide bonds. The van der Waals surface area contributed by atoms with Crippen LogP contribution in [-0.4, -0.2) is 19.9 Å². The number of carbonyl (C=O) groups excluding carboxylic acids is 1. The van der Waals surface area contributed by atoms with E-state index in [0.717, 1.165) is 5.56 Å². The topological polar surface area (TPSA) is 76.4 Å². The SMILES string of the molecule is COCNC(=O)Nc1ccc(C)cc1N. The first-order valence-corrected chi connectivity index (χ1v) is 4.53. The van der Waals surface area contributed by atoms with E-state index in [9.17, 15) is 4.79 Å². The Hall–Kier alpha value is -1.75. The number of methoxy groups -OCH3 is 1. The fourth-order valence-corrected chi connectivity index (χ4v) is 1.10. The highest BCUT2D eigenvalue weighted by molar-refractivity contribution is 5.92. The fourth-order valence-electron chi connectivity index (χ4n) is 1.10. The Labute approximate surface area is 88.6 Å². The van der Waals surface area contributed by atoms with Gasteiger partial charge in [-0.2, -0.15) is 0 Å². The Morgan fingerprint density at radius 1 is 1.53 bits per heavy atom. The van der Waals surface area contributed by atoms with Crippen molar-refractivity contribution in [1.29, 1.82) is 0 Å². The number of anilines is 2. The molecule has 0 bridgehead atoms. The minimum atomic E-state index is -0.340. The molecular weight excluding hydrogens is 194 g/mol. The van der Waals surface area contributed by atoms with Gasteiger partial charge in [0.1, 0.15) is 6.73 Å². The van der Waals surface area contributed by atoms with Crippen molar-refractivity contribution in [2.75, 3.05) is 24.9 Å². The standard InChI is InChI=1S/C10H15N3O2/c1-7-3-4-9(8(11)5-7)13-10(14)12-6-15-2/h3-5H,6,11H2,1-2H3,(H2,12,13,14). The first kappa shape index (κ1) is 11.3. The van der Waals surface area contributed by atoms with E-state index in [1.54, 1.807) is 12.1 Å². The number of benzene rings is 1. The van der Waals surface area contributed by atoms with Crippen LogP contribution in [0, 0.1) is 6.92 Å². The number of ether oxygens (including phenoxy) is 1. The summed E-state index contributed by atoms with van der Waals surface area (Å²) in [7, 11) is 1.50. The summed E-state index contributed by atoms with van der Waals surface area (Å²) in [4.78, 5) is 11.3. The van der Waals surface area contributed by atoms with Crippen LogP contribution in [0.1, 0.15) is 5.56 Å². The third kappa shape index (κ3) is 3.47. The Bertz CT molecular complexity index is 353. The van der Waals surface area contributed by atoms with Gasteiger partial charge in [-0.05, 0) is 24.6 Å². The van der Waals surface area contributed by atoms with E-state index in [1.807, 2.05) is 13.0 Å². The minimum Gasteiger partial charge on any atom is -0.397 e. The number of nitrogens with two attached hydrogens (primary N) is 1. The molecule has 0 atom stereocenters. The van der Waals surface area contributed by atoms with Gasteiger partial charge in [0.15, 0.2) is 0 Å². The molecule has 0 saturated heterocycles. The number of hydrogen-bond donors (Lipinski definition) is 3. The predicted molar refractivity (Wildman–Crippen MR) is 59.6 cm³/mol. The number of nitrogen functional groups attached to an aromatic ring is 1. The maximum atomic E-state index is 11.3. The van der Waals surface area contributed by atoms with E-state index < -0.39 is 0 Å². The van der Waals surface area contributed by atoms with E-state index >= 15 is 0 Å². The Kier molecular flexibility index (Phi) is 3.93. The summed E-state index contributed by atoms with van der Waals surface area (Å²) in [6, 6.07) is 5.10. The van der Waals surface area contributed by atoms with Crippen LogP contribution < -0.4 is 16.4 Å². The van der Waals surface area contributed by atoms with E-state index in [2.05, 4.69) is 10.6 Å². The van der Waals surface area contributed by atoms with E-state index in [1.165, 1.54) is 7.11 Å². The van der Waals surface area contributed by atoms with Crippen LogP contribution in [0.5, 0.6) is 0 Å². The molecule has 0 aliphatic rings. The van der Waals surface area contributed by atoms with Crippen LogP contribution in [0.4, 0.5) is 16.2 Å². The molecular formula is C10H15N3O2. The zero-order valence-corrected chi connectivity index (χ0v) is 8.83. The first-order chi connectivity index (χ1) is 7.13. The van der Waals surface area contributed by atoms with Gasteiger partial charge in [-0.15, -0.1) is 0 Å². The van der Waals surface area contributed by atoms with Crippen LogP contribution >= 0.6 is 0 Å². The molecule has 0 saturated carbocycles. The molecule has 1 aromatic rings. The van der Waals surface area contributed by atoms with Crippen molar-refractivity contribution in [1.82, 2.24) is 5.32 Å². The molecule has 4 N–H and O–H groups in total. The summed E-state index contributed by atoms with van der Waals surface area (Å²) in [6.07, 6.45) is 0. The van der Waals surface area contributed by atoms with Crippen molar-refractivity contribution in [2.45, 2.75) is 6.92 Å². The molecule has 0 aromatic heterocycles. The second-order valence-electron chi connectivity index (χ2n) is 3.15. The smallest absolute Gasteiger partial charge is 0.321 e. The average Bonchev–Trinajstić information content (AvgIpc) is 2.19. The van der Waals surface area contributed by atoms with Crippen LogP contribution in [0.15, 0.2) is 18.2 Å². The highest BCUT2D eigenvalue weighted by atomic mass is 16.5. The van der Waals surface area contributed by atoms with Crippen molar-refractivity contribution in [3.05, 3.63) is 23.8 Å². The van der Waals surface area contributed by atoms with Crippen molar-refractivity contribution in [2.24, 2.45) is 0 Å². The van der Waals surface area contributed by atoms with Gasteiger partial charge >= 0.3 is 6.03 Å². The van der Waals surface area contributed by atoms with Crippen molar-refractivity contribution < 1.29 is 9.53 Å². The molecule has 0 unspecified atom stereocenters. The number of nitrogens with one attached hydrogen (secondary N) is 2. The summed E-state index contributed by atoms with van der Waals surface area (Å²) < 4.78 is 4.70. The van der Waals surface area contributed by atoms with Gasteiger partial charge in [0.05, 0.1) is 11.4 Å². The zero-order valence-electron chi connectivity index (χ0n) is 8.83. The molecule has 0 fully saturated rings. The molecule has 0 heterocycles. The third-order valence-corrected chi connectivity index (χ3v) is 1.83.